The van der Waals surface area contributed by atoms with Crippen molar-refractivity contribution in [2.24, 2.45) is 0 Å². The van der Waals surface area contributed by atoms with Crippen LogP contribution in [0.3, 0.4) is 0 Å². The van der Waals surface area contributed by atoms with Crippen molar-refractivity contribution in [2.75, 3.05) is 6.61 Å². The smallest absolute Gasteiger partial charge is 0.119 e. The van der Waals surface area contributed by atoms with Gasteiger partial charge in [0.1, 0.15) is 12.4 Å². The fourth-order valence-corrected chi connectivity index (χ4v) is 1.42. The van der Waals surface area contributed by atoms with Gasteiger partial charge in [-0.1, -0.05) is 39.5 Å². The van der Waals surface area contributed by atoms with Crippen LogP contribution in [0.2, 0.25) is 0 Å². The second-order valence-electron chi connectivity index (χ2n) is 4.27. The summed E-state index contributed by atoms with van der Waals surface area (Å²) in [4.78, 5) is 0. The number of hydrogen-bond acceptors (Lipinski definition) is 1. The van der Waals surface area contributed by atoms with Crippen LogP contribution in [0, 0.1) is 0 Å². The van der Waals surface area contributed by atoms with Crippen LogP contribution in [-0.4, -0.2) is 6.61 Å². The zero-order chi connectivity index (χ0) is 12.0. The van der Waals surface area contributed by atoms with E-state index >= 15 is 0 Å². The van der Waals surface area contributed by atoms with Crippen molar-refractivity contribution in [1.82, 2.24) is 0 Å². The Bertz CT molecular complexity index is 324. The van der Waals surface area contributed by atoms with Crippen molar-refractivity contribution in [2.45, 2.75) is 39.5 Å². The first kappa shape index (κ1) is 12.8. The third-order valence-corrected chi connectivity index (χ3v) is 3.00. The second kappa shape index (κ2) is 6.37. The highest BCUT2D eigenvalue weighted by Crippen LogP contribution is 2.21. The Morgan fingerprint density at radius 2 is 1.88 bits per heavy atom. The van der Waals surface area contributed by atoms with Crippen molar-refractivity contribution in [3.8, 4) is 5.75 Å². The van der Waals surface area contributed by atoms with Gasteiger partial charge in [0.15, 0.2) is 0 Å². The van der Waals surface area contributed by atoms with Crippen molar-refractivity contribution >= 4 is 0 Å². The number of benzene rings is 1. The van der Waals surface area contributed by atoms with E-state index in [2.05, 4.69) is 39.5 Å². The molecule has 0 bridgehead atoms. The highest BCUT2D eigenvalue weighted by atomic mass is 16.5. The molecule has 1 aromatic carbocycles. The van der Waals surface area contributed by atoms with E-state index in [4.69, 9.17) is 4.74 Å². The summed E-state index contributed by atoms with van der Waals surface area (Å²) >= 11 is 0. The van der Waals surface area contributed by atoms with Gasteiger partial charge in [-0.05, 0) is 42.0 Å². The maximum absolute atomic E-state index is 5.63. The third kappa shape index (κ3) is 3.73. The number of hydrogen-bond donors (Lipinski definition) is 0. The molecule has 0 saturated carbocycles. The molecule has 0 fully saturated rings. The normalized spacial score (nSPS) is 12.2. The highest BCUT2D eigenvalue weighted by molar-refractivity contribution is 5.29. The molecule has 0 spiro atoms. The van der Waals surface area contributed by atoms with E-state index < -0.39 is 0 Å². The average Bonchev–Trinajstić information content (AvgIpc) is 2.35. The van der Waals surface area contributed by atoms with Crippen LogP contribution in [0.25, 0.3) is 0 Å². The molecule has 1 unspecified atom stereocenters. The molecule has 1 heteroatoms. The Morgan fingerprint density at radius 3 is 2.38 bits per heavy atom. The molecule has 1 atom stereocenters. The zero-order valence-electron chi connectivity index (χ0n) is 10.6. The van der Waals surface area contributed by atoms with Crippen LogP contribution >= 0.6 is 0 Å². The standard InChI is InChI=1S/C15H22O/c1-5-12(3)11-16-15-9-7-14(8-10-15)13(4)6-2/h7-10,13H,3,5-6,11H2,1-2,4H3. The lowest BCUT2D eigenvalue weighted by Crippen LogP contribution is -1.99. The van der Waals surface area contributed by atoms with Gasteiger partial charge in [-0.25, -0.2) is 0 Å². The van der Waals surface area contributed by atoms with E-state index in [1.165, 1.54) is 12.0 Å². The van der Waals surface area contributed by atoms with E-state index in [-0.39, 0.29) is 0 Å². The largest absolute Gasteiger partial charge is 0.489 e. The molecule has 0 N–H and O–H groups in total. The first-order valence-electron chi connectivity index (χ1n) is 6.06. The van der Waals surface area contributed by atoms with Gasteiger partial charge in [-0.2, -0.15) is 0 Å². The second-order valence-corrected chi connectivity index (χ2v) is 4.27. The first-order valence-corrected chi connectivity index (χ1v) is 6.06. The minimum absolute atomic E-state index is 0.624. The molecule has 0 aliphatic carbocycles. The SMILES string of the molecule is C=C(CC)COc1ccc(C(C)CC)cc1. The predicted octanol–water partition coefficient (Wildman–Crippen LogP) is 4.55. The molecule has 1 aromatic rings. The van der Waals surface area contributed by atoms with Crippen molar-refractivity contribution < 1.29 is 4.74 Å². The maximum Gasteiger partial charge on any atom is 0.119 e. The Hall–Kier alpha value is -1.24. The summed E-state index contributed by atoms with van der Waals surface area (Å²) in [7, 11) is 0. The molecule has 0 aliphatic heterocycles. The Kier molecular flexibility index (Phi) is 5.10. The summed E-state index contributed by atoms with van der Waals surface area (Å²) in [6, 6.07) is 8.39. The minimum Gasteiger partial charge on any atom is -0.489 e. The number of rotatable bonds is 6. The van der Waals surface area contributed by atoms with E-state index in [1.54, 1.807) is 0 Å². The summed E-state index contributed by atoms with van der Waals surface area (Å²) in [5.41, 5.74) is 2.51. The van der Waals surface area contributed by atoms with E-state index in [1.807, 2.05) is 12.1 Å². The van der Waals surface area contributed by atoms with Gasteiger partial charge < -0.3 is 4.74 Å². The fraction of sp³-hybridized carbons (Fsp3) is 0.467. The van der Waals surface area contributed by atoms with Crippen LogP contribution < -0.4 is 4.74 Å². The van der Waals surface area contributed by atoms with Gasteiger partial charge >= 0.3 is 0 Å². The zero-order valence-corrected chi connectivity index (χ0v) is 10.6. The summed E-state index contributed by atoms with van der Waals surface area (Å²) < 4.78 is 5.63. The predicted molar refractivity (Wildman–Crippen MR) is 70.1 cm³/mol. The molecule has 0 aliphatic rings. The lowest BCUT2D eigenvalue weighted by molar-refractivity contribution is 0.349. The Balaban J connectivity index is 2.54. The van der Waals surface area contributed by atoms with Crippen LogP contribution in [0.4, 0.5) is 0 Å². The molecule has 0 heterocycles. The molecule has 0 radical (unpaired) electrons. The minimum atomic E-state index is 0.624. The summed E-state index contributed by atoms with van der Waals surface area (Å²) in [6.07, 6.45) is 2.15. The van der Waals surface area contributed by atoms with Crippen molar-refractivity contribution in [3.63, 3.8) is 0 Å². The molecular weight excluding hydrogens is 196 g/mol. The summed E-state index contributed by atoms with van der Waals surface area (Å²) in [6.45, 7) is 11.1. The summed E-state index contributed by atoms with van der Waals surface area (Å²) in [5.74, 6) is 1.56. The van der Waals surface area contributed by atoms with Gasteiger partial charge in [0.25, 0.3) is 0 Å². The van der Waals surface area contributed by atoms with Gasteiger partial charge in [0, 0.05) is 0 Å². The molecular formula is C15H22O. The molecule has 1 rings (SSSR count). The van der Waals surface area contributed by atoms with Crippen LogP contribution in [-0.2, 0) is 0 Å². The average molecular weight is 218 g/mol. The van der Waals surface area contributed by atoms with Crippen molar-refractivity contribution in [1.29, 1.82) is 0 Å². The van der Waals surface area contributed by atoms with E-state index in [0.717, 1.165) is 17.7 Å². The van der Waals surface area contributed by atoms with Gasteiger partial charge in [0.05, 0.1) is 0 Å². The highest BCUT2D eigenvalue weighted by Gasteiger charge is 2.02. The first-order chi connectivity index (χ1) is 7.67. The van der Waals surface area contributed by atoms with Crippen LogP contribution in [0.5, 0.6) is 5.75 Å². The van der Waals surface area contributed by atoms with Gasteiger partial charge in [-0.3, -0.25) is 0 Å². The van der Waals surface area contributed by atoms with Crippen LogP contribution in [0.15, 0.2) is 36.4 Å². The molecule has 88 valence electrons. The molecule has 1 nitrogen and oxygen atoms in total. The topological polar surface area (TPSA) is 9.23 Å². The fourth-order valence-electron chi connectivity index (χ4n) is 1.42. The van der Waals surface area contributed by atoms with Crippen molar-refractivity contribution in [3.05, 3.63) is 42.0 Å². The van der Waals surface area contributed by atoms with E-state index in [9.17, 15) is 0 Å². The van der Waals surface area contributed by atoms with Crippen LogP contribution in [0.1, 0.15) is 45.1 Å². The van der Waals surface area contributed by atoms with Gasteiger partial charge in [0.2, 0.25) is 0 Å². The molecule has 16 heavy (non-hydrogen) atoms. The quantitative estimate of drug-likeness (QED) is 0.637. The molecule has 0 amide bonds. The molecule has 0 saturated heterocycles. The van der Waals surface area contributed by atoms with E-state index in [0.29, 0.717) is 12.5 Å². The Labute approximate surface area is 99.1 Å². The monoisotopic (exact) mass is 218 g/mol. The molecule has 0 aromatic heterocycles. The van der Waals surface area contributed by atoms with Gasteiger partial charge in [-0.15, -0.1) is 0 Å². The maximum atomic E-state index is 5.63. The number of ether oxygens (including phenoxy) is 1. The lowest BCUT2D eigenvalue weighted by atomic mass is 9.99. The lowest BCUT2D eigenvalue weighted by Gasteiger charge is -2.11. The summed E-state index contributed by atoms with van der Waals surface area (Å²) in [5, 5.41) is 0. The third-order valence-electron chi connectivity index (χ3n) is 3.00. The Morgan fingerprint density at radius 1 is 1.25 bits per heavy atom.